The molecule has 0 atom stereocenters. The van der Waals surface area contributed by atoms with Crippen LogP contribution in [0.5, 0.6) is 0 Å². The minimum atomic E-state index is -0.212. The van der Waals surface area contributed by atoms with Gasteiger partial charge in [-0.3, -0.25) is 14.5 Å². The molecule has 2 aromatic carbocycles. The van der Waals surface area contributed by atoms with Crippen LogP contribution >= 0.6 is 22.9 Å². The molecule has 32 heavy (non-hydrogen) atoms. The van der Waals surface area contributed by atoms with Crippen LogP contribution in [0, 0.1) is 0 Å². The zero-order chi connectivity index (χ0) is 22.7. The SMILES string of the molecule is CCc1ccccc1NC(=O)CN(C)Cc1nc2scc(-c3ccccc3Cl)c2c(=O)[nH]1. The average Bonchev–Trinajstić information content (AvgIpc) is 3.18. The number of aryl methyl sites for hydroxylation is 1. The third-order valence-electron chi connectivity index (χ3n) is 5.16. The number of fused-ring (bicyclic) bond motifs is 1. The van der Waals surface area contributed by atoms with Gasteiger partial charge in [-0.25, -0.2) is 4.98 Å². The van der Waals surface area contributed by atoms with Crippen molar-refractivity contribution in [2.45, 2.75) is 19.9 Å². The molecule has 0 bridgehead atoms. The summed E-state index contributed by atoms with van der Waals surface area (Å²) in [6.07, 6.45) is 0.842. The number of aromatic amines is 1. The lowest BCUT2D eigenvalue weighted by Crippen LogP contribution is -2.31. The molecule has 2 N–H and O–H groups in total. The summed E-state index contributed by atoms with van der Waals surface area (Å²) < 4.78 is 0. The maximum atomic E-state index is 12.9. The molecule has 0 fully saturated rings. The second-order valence-electron chi connectivity index (χ2n) is 7.55. The van der Waals surface area contributed by atoms with Crippen LogP contribution in [0.4, 0.5) is 5.69 Å². The van der Waals surface area contributed by atoms with E-state index in [0.29, 0.717) is 27.6 Å². The third-order valence-corrected chi connectivity index (χ3v) is 6.36. The van der Waals surface area contributed by atoms with E-state index in [9.17, 15) is 9.59 Å². The minimum Gasteiger partial charge on any atom is -0.325 e. The lowest BCUT2D eigenvalue weighted by Gasteiger charge is -2.16. The molecule has 0 aliphatic rings. The number of hydrogen-bond donors (Lipinski definition) is 2. The van der Waals surface area contributed by atoms with Crippen LogP contribution in [0.2, 0.25) is 5.02 Å². The quantitative estimate of drug-likeness (QED) is 0.404. The summed E-state index contributed by atoms with van der Waals surface area (Å²) in [5.74, 6) is 0.397. The highest BCUT2D eigenvalue weighted by atomic mass is 35.5. The van der Waals surface area contributed by atoms with E-state index in [0.717, 1.165) is 28.8 Å². The van der Waals surface area contributed by atoms with Crippen molar-refractivity contribution in [3.8, 4) is 11.1 Å². The molecule has 4 aromatic rings. The number of rotatable bonds is 7. The Bertz CT molecular complexity index is 1330. The van der Waals surface area contributed by atoms with Crippen molar-refractivity contribution in [2.24, 2.45) is 0 Å². The molecule has 0 aliphatic heterocycles. The van der Waals surface area contributed by atoms with E-state index in [1.807, 2.05) is 59.8 Å². The maximum absolute atomic E-state index is 12.9. The van der Waals surface area contributed by atoms with Gasteiger partial charge in [-0.05, 0) is 31.2 Å². The van der Waals surface area contributed by atoms with E-state index in [2.05, 4.69) is 22.2 Å². The number of amides is 1. The topological polar surface area (TPSA) is 78.1 Å². The fourth-order valence-electron chi connectivity index (χ4n) is 3.64. The van der Waals surface area contributed by atoms with Gasteiger partial charge in [0.25, 0.3) is 5.56 Å². The molecule has 8 heteroatoms. The monoisotopic (exact) mass is 466 g/mol. The molecule has 2 aromatic heterocycles. The number of likely N-dealkylation sites (N-methyl/N-ethyl adjacent to an activating group) is 1. The van der Waals surface area contributed by atoms with Gasteiger partial charge < -0.3 is 10.3 Å². The molecule has 2 heterocycles. The summed E-state index contributed by atoms with van der Waals surface area (Å²) >= 11 is 7.73. The summed E-state index contributed by atoms with van der Waals surface area (Å²) in [4.78, 5) is 35.3. The van der Waals surface area contributed by atoms with Crippen molar-refractivity contribution in [1.82, 2.24) is 14.9 Å². The van der Waals surface area contributed by atoms with Crippen molar-refractivity contribution in [2.75, 3.05) is 18.9 Å². The number of para-hydroxylation sites is 1. The normalized spacial score (nSPS) is 11.2. The zero-order valence-corrected chi connectivity index (χ0v) is 19.4. The number of aromatic nitrogens is 2. The number of H-pyrrole nitrogens is 1. The second kappa shape index (κ2) is 9.65. The highest BCUT2D eigenvalue weighted by Crippen LogP contribution is 2.34. The Kier molecular flexibility index (Phi) is 6.69. The van der Waals surface area contributed by atoms with Gasteiger partial charge in [-0.2, -0.15) is 0 Å². The third kappa shape index (κ3) is 4.75. The molecule has 0 unspecified atom stereocenters. The number of nitrogens with one attached hydrogen (secondary N) is 2. The first-order valence-electron chi connectivity index (χ1n) is 10.3. The zero-order valence-electron chi connectivity index (χ0n) is 17.8. The van der Waals surface area contributed by atoms with Crippen molar-refractivity contribution >= 4 is 44.7 Å². The van der Waals surface area contributed by atoms with Crippen LogP contribution in [0.25, 0.3) is 21.3 Å². The number of anilines is 1. The van der Waals surface area contributed by atoms with E-state index in [4.69, 9.17) is 11.6 Å². The van der Waals surface area contributed by atoms with Crippen LogP contribution in [0.3, 0.4) is 0 Å². The number of hydrogen-bond acceptors (Lipinski definition) is 5. The predicted octanol–water partition coefficient (Wildman–Crippen LogP) is 4.94. The highest BCUT2D eigenvalue weighted by molar-refractivity contribution is 7.17. The van der Waals surface area contributed by atoms with Gasteiger partial charge in [0.05, 0.1) is 18.5 Å². The number of nitrogens with zero attached hydrogens (tertiary/aromatic N) is 2. The first-order chi connectivity index (χ1) is 15.5. The lowest BCUT2D eigenvalue weighted by atomic mass is 10.1. The van der Waals surface area contributed by atoms with Gasteiger partial charge in [0.15, 0.2) is 0 Å². The standard InChI is InChI=1S/C24H23ClN4O2S/c1-3-15-8-4-7-11-19(15)26-21(30)13-29(2)12-20-27-23(31)22-17(14-32-24(22)28-20)16-9-5-6-10-18(16)25/h4-11,14H,3,12-13H2,1-2H3,(H,26,30)(H,27,28,31). The van der Waals surface area contributed by atoms with E-state index < -0.39 is 0 Å². The fourth-order valence-corrected chi connectivity index (χ4v) is 4.84. The molecule has 1 amide bonds. The molecule has 0 saturated carbocycles. The summed E-state index contributed by atoms with van der Waals surface area (Å²) in [7, 11) is 1.82. The van der Waals surface area contributed by atoms with Gasteiger partial charge in [0.2, 0.25) is 5.91 Å². The molecule has 0 spiro atoms. The highest BCUT2D eigenvalue weighted by Gasteiger charge is 2.16. The second-order valence-corrected chi connectivity index (χ2v) is 8.82. The lowest BCUT2D eigenvalue weighted by molar-refractivity contribution is -0.117. The molecule has 0 saturated heterocycles. The smallest absolute Gasteiger partial charge is 0.260 e. The van der Waals surface area contributed by atoms with Crippen LogP contribution in [-0.2, 0) is 17.8 Å². The molecular weight excluding hydrogens is 444 g/mol. The first-order valence-corrected chi connectivity index (χ1v) is 11.5. The van der Waals surface area contributed by atoms with Crippen LogP contribution < -0.4 is 10.9 Å². The summed E-state index contributed by atoms with van der Waals surface area (Å²) in [6, 6.07) is 15.2. The molecule has 164 valence electrons. The average molecular weight is 467 g/mol. The number of thiophene rings is 1. The van der Waals surface area contributed by atoms with Gasteiger partial charge in [-0.15, -0.1) is 11.3 Å². The van der Waals surface area contributed by atoms with E-state index in [1.165, 1.54) is 11.3 Å². The Morgan fingerprint density at radius 1 is 1.16 bits per heavy atom. The van der Waals surface area contributed by atoms with Gasteiger partial charge in [-0.1, -0.05) is 54.9 Å². The van der Waals surface area contributed by atoms with Gasteiger partial charge in [0.1, 0.15) is 10.7 Å². The number of benzene rings is 2. The minimum absolute atomic E-state index is 0.117. The Labute approximate surface area is 194 Å². The Hall–Kier alpha value is -3.00. The Morgan fingerprint density at radius 3 is 2.69 bits per heavy atom. The van der Waals surface area contributed by atoms with Crippen molar-refractivity contribution in [1.29, 1.82) is 0 Å². The van der Waals surface area contributed by atoms with Crippen molar-refractivity contribution in [3.63, 3.8) is 0 Å². The number of carbonyl (C=O) groups is 1. The summed E-state index contributed by atoms with van der Waals surface area (Å²) in [5, 5.41) is 5.99. The van der Waals surface area contributed by atoms with Crippen molar-refractivity contribution in [3.05, 3.63) is 80.7 Å². The number of halogens is 1. The number of carbonyl (C=O) groups excluding carboxylic acids is 1. The maximum Gasteiger partial charge on any atom is 0.260 e. The van der Waals surface area contributed by atoms with E-state index in [-0.39, 0.29) is 18.0 Å². The molecule has 6 nitrogen and oxygen atoms in total. The molecule has 0 radical (unpaired) electrons. The predicted molar refractivity (Wildman–Crippen MR) is 131 cm³/mol. The van der Waals surface area contributed by atoms with E-state index >= 15 is 0 Å². The fraction of sp³-hybridized carbons (Fsp3) is 0.208. The molecule has 0 aliphatic carbocycles. The van der Waals surface area contributed by atoms with Gasteiger partial charge >= 0.3 is 0 Å². The largest absolute Gasteiger partial charge is 0.325 e. The molecular formula is C24H23ClN4O2S. The Balaban J connectivity index is 1.49. The van der Waals surface area contributed by atoms with Gasteiger partial charge in [0, 0.05) is 27.2 Å². The van der Waals surface area contributed by atoms with Crippen LogP contribution in [-0.4, -0.2) is 34.4 Å². The van der Waals surface area contributed by atoms with Crippen LogP contribution in [0.1, 0.15) is 18.3 Å². The Morgan fingerprint density at radius 2 is 1.91 bits per heavy atom. The van der Waals surface area contributed by atoms with Crippen LogP contribution in [0.15, 0.2) is 58.7 Å². The molecule has 4 rings (SSSR count). The van der Waals surface area contributed by atoms with E-state index in [1.54, 1.807) is 6.07 Å². The van der Waals surface area contributed by atoms with Crippen molar-refractivity contribution < 1.29 is 4.79 Å². The summed E-state index contributed by atoms with van der Waals surface area (Å²) in [5.41, 5.74) is 3.29. The summed E-state index contributed by atoms with van der Waals surface area (Å²) in [6.45, 7) is 2.57. The first kappa shape index (κ1) is 22.2.